The molecule has 0 amide bonds. The molecule has 158 valence electrons. The third-order valence-corrected chi connectivity index (χ3v) is 6.06. The molecule has 0 aliphatic carbocycles. The molecule has 0 bridgehead atoms. The first-order chi connectivity index (χ1) is 14.5. The van der Waals surface area contributed by atoms with Crippen LogP contribution >= 0.6 is 11.8 Å². The number of carboxylic acid groups (broad SMARTS) is 1. The minimum absolute atomic E-state index is 0.284. The zero-order valence-electron chi connectivity index (χ0n) is 17.1. The lowest BCUT2D eigenvalue weighted by Gasteiger charge is -2.12. The van der Waals surface area contributed by atoms with Crippen LogP contribution in [0.2, 0.25) is 0 Å². The van der Waals surface area contributed by atoms with E-state index in [1.165, 1.54) is 23.9 Å². The second kappa shape index (κ2) is 10.3. The van der Waals surface area contributed by atoms with Crippen LogP contribution in [0.3, 0.4) is 0 Å². The van der Waals surface area contributed by atoms with E-state index in [1.54, 1.807) is 12.1 Å². The van der Waals surface area contributed by atoms with Gasteiger partial charge in [-0.3, -0.25) is 4.79 Å². The third kappa shape index (κ3) is 5.89. The number of benzene rings is 2. The summed E-state index contributed by atoms with van der Waals surface area (Å²) in [5, 5.41) is 8.91. The Morgan fingerprint density at radius 2 is 1.97 bits per heavy atom. The Bertz CT molecular complexity index is 981. The standard InChI is InChI=1S/C24H25FO4S/c1-3-5-23(24(26)27)30-15-17-6-4-7-21(12-17)28-14-19-13-22(29-16(19)2)18-8-10-20(25)11-9-18/h4,6-13,23H,3,5,14-15H2,1-2H3,(H,26,27). The van der Waals surface area contributed by atoms with E-state index in [-0.39, 0.29) is 5.82 Å². The van der Waals surface area contributed by atoms with Gasteiger partial charge in [0.1, 0.15) is 34.9 Å². The van der Waals surface area contributed by atoms with Crippen molar-refractivity contribution in [3.8, 4) is 17.1 Å². The molecule has 1 unspecified atom stereocenters. The Labute approximate surface area is 180 Å². The fourth-order valence-corrected chi connectivity index (χ4v) is 4.16. The number of ether oxygens (including phenoxy) is 1. The van der Waals surface area contributed by atoms with Crippen molar-refractivity contribution in [3.05, 3.63) is 77.3 Å². The normalized spacial score (nSPS) is 12.0. The van der Waals surface area contributed by atoms with Crippen LogP contribution in [0.15, 0.2) is 59.0 Å². The van der Waals surface area contributed by atoms with Crippen molar-refractivity contribution in [1.82, 2.24) is 0 Å². The molecule has 3 rings (SSSR count). The number of carboxylic acids is 1. The van der Waals surface area contributed by atoms with E-state index in [4.69, 9.17) is 9.15 Å². The molecule has 6 heteroatoms. The van der Waals surface area contributed by atoms with Gasteiger partial charge in [-0.1, -0.05) is 25.5 Å². The maximum atomic E-state index is 13.1. The summed E-state index contributed by atoms with van der Waals surface area (Å²) in [6.07, 6.45) is 1.50. The molecule has 0 saturated carbocycles. The van der Waals surface area contributed by atoms with Gasteiger partial charge in [0.25, 0.3) is 0 Å². The number of halogens is 1. The zero-order chi connectivity index (χ0) is 21.5. The number of hydrogen-bond acceptors (Lipinski definition) is 4. The van der Waals surface area contributed by atoms with Gasteiger partial charge in [-0.15, -0.1) is 11.8 Å². The maximum absolute atomic E-state index is 13.1. The number of aliphatic carboxylic acids is 1. The Kier molecular flexibility index (Phi) is 7.57. The van der Waals surface area contributed by atoms with Gasteiger partial charge in [0, 0.05) is 16.9 Å². The maximum Gasteiger partial charge on any atom is 0.316 e. The molecule has 0 saturated heterocycles. The van der Waals surface area contributed by atoms with Crippen LogP contribution in [-0.4, -0.2) is 16.3 Å². The van der Waals surface area contributed by atoms with E-state index in [2.05, 4.69) is 0 Å². The summed E-state index contributed by atoms with van der Waals surface area (Å²) < 4.78 is 24.9. The van der Waals surface area contributed by atoms with Crippen molar-refractivity contribution < 1.29 is 23.4 Å². The number of thioether (sulfide) groups is 1. The second-order valence-corrected chi connectivity index (χ2v) is 8.25. The zero-order valence-corrected chi connectivity index (χ0v) is 17.9. The molecule has 4 nitrogen and oxygen atoms in total. The van der Waals surface area contributed by atoms with Gasteiger partial charge in [-0.25, -0.2) is 4.39 Å². The third-order valence-electron chi connectivity index (χ3n) is 4.72. The average Bonchev–Trinajstić information content (AvgIpc) is 3.10. The number of carbonyl (C=O) groups is 1. The van der Waals surface area contributed by atoms with Crippen LogP contribution in [0.25, 0.3) is 11.3 Å². The number of furan rings is 1. The van der Waals surface area contributed by atoms with Gasteiger partial charge < -0.3 is 14.3 Å². The highest BCUT2D eigenvalue weighted by Crippen LogP contribution is 2.28. The van der Waals surface area contributed by atoms with Gasteiger partial charge in [0.05, 0.1) is 0 Å². The van der Waals surface area contributed by atoms with Gasteiger partial charge >= 0.3 is 5.97 Å². The van der Waals surface area contributed by atoms with Crippen molar-refractivity contribution in [2.24, 2.45) is 0 Å². The molecule has 1 N–H and O–H groups in total. The summed E-state index contributed by atoms with van der Waals surface area (Å²) in [6, 6.07) is 15.8. The predicted molar refractivity (Wildman–Crippen MR) is 117 cm³/mol. The van der Waals surface area contributed by atoms with Crippen LogP contribution < -0.4 is 4.74 Å². The van der Waals surface area contributed by atoms with Gasteiger partial charge in [0.15, 0.2) is 0 Å². The quantitative estimate of drug-likeness (QED) is 0.402. The Hall–Kier alpha value is -2.73. The van der Waals surface area contributed by atoms with Crippen LogP contribution in [-0.2, 0) is 17.2 Å². The molecule has 0 radical (unpaired) electrons. The Morgan fingerprint density at radius 3 is 2.67 bits per heavy atom. The van der Waals surface area contributed by atoms with Crippen molar-refractivity contribution in [1.29, 1.82) is 0 Å². The fourth-order valence-electron chi connectivity index (χ4n) is 3.04. The topological polar surface area (TPSA) is 59.7 Å². The average molecular weight is 429 g/mol. The highest BCUT2D eigenvalue weighted by molar-refractivity contribution is 7.99. The summed E-state index contributed by atoms with van der Waals surface area (Å²) >= 11 is 1.44. The lowest BCUT2D eigenvalue weighted by atomic mass is 10.1. The van der Waals surface area contributed by atoms with Crippen molar-refractivity contribution >= 4 is 17.7 Å². The largest absolute Gasteiger partial charge is 0.489 e. The van der Waals surface area contributed by atoms with E-state index in [1.807, 2.05) is 44.2 Å². The van der Waals surface area contributed by atoms with Gasteiger partial charge in [-0.05, 0) is 61.4 Å². The summed E-state index contributed by atoms with van der Waals surface area (Å²) in [4.78, 5) is 11.3. The minimum atomic E-state index is -0.762. The molecule has 2 aromatic carbocycles. The van der Waals surface area contributed by atoms with Gasteiger partial charge in [-0.2, -0.15) is 0 Å². The number of rotatable bonds is 10. The van der Waals surface area contributed by atoms with Crippen LogP contribution in [0.1, 0.15) is 36.7 Å². The first kappa shape index (κ1) is 22.0. The molecule has 0 aliphatic heterocycles. The monoisotopic (exact) mass is 428 g/mol. The summed E-state index contributed by atoms with van der Waals surface area (Å²) in [6.45, 7) is 4.21. The highest BCUT2D eigenvalue weighted by Gasteiger charge is 2.17. The molecular weight excluding hydrogens is 403 g/mol. The van der Waals surface area contributed by atoms with Crippen LogP contribution in [0.5, 0.6) is 5.75 Å². The summed E-state index contributed by atoms with van der Waals surface area (Å²) in [5.74, 6) is 1.72. The van der Waals surface area contributed by atoms with E-state index < -0.39 is 11.2 Å². The highest BCUT2D eigenvalue weighted by atomic mass is 32.2. The molecule has 3 aromatic rings. The molecule has 0 spiro atoms. The molecular formula is C24H25FO4S. The minimum Gasteiger partial charge on any atom is -0.489 e. The molecule has 1 heterocycles. The first-order valence-electron chi connectivity index (χ1n) is 9.87. The van der Waals surface area contributed by atoms with Crippen molar-refractivity contribution in [3.63, 3.8) is 0 Å². The van der Waals surface area contributed by atoms with E-state index in [0.29, 0.717) is 24.5 Å². The number of aryl methyl sites for hydroxylation is 1. The summed E-state index contributed by atoms with van der Waals surface area (Å²) in [5.41, 5.74) is 2.75. The molecule has 0 fully saturated rings. The van der Waals surface area contributed by atoms with E-state index >= 15 is 0 Å². The van der Waals surface area contributed by atoms with E-state index in [0.717, 1.165) is 34.6 Å². The number of hydrogen-bond donors (Lipinski definition) is 1. The Balaban J connectivity index is 1.62. The second-order valence-electron chi connectivity index (χ2n) is 7.06. The van der Waals surface area contributed by atoms with E-state index in [9.17, 15) is 14.3 Å². The van der Waals surface area contributed by atoms with Crippen molar-refractivity contribution in [2.45, 2.75) is 44.3 Å². The first-order valence-corrected chi connectivity index (χ1v) is 10.9. The Morgan fingerprint density at radius 1 is 1.20 bits per heavy atom. The SMILES string of the molecule is CCCC(SCc1cccc(OCc2cc(-c3ccc(F)cc3)oc2C)c1)C(=O)O. The van der Waals surface area contributed by atoms with Gasteiger partial charge in [0.2, 0.25) is 0 Å². The molecule has 30 heavy (non-hydrogen) atoms. The van der Waals surface area contributed by atoms with Crippen LogP contribution in [0.4, 0.5) is 4.39 Å². The molecule has 1 atom stereocenters. The summed E-state index contributed by atoms with van der Waals surface area (Å²) in [7, 11) is 0. The van der Waals surface area contributed by atoms with Crippen molar-refractivity contribution in [2.75, 3.05) is 0 Å². The lowest BCUT2D eigenvalue weighted by molar-refractivity contribution is -0.136. The fraction of sp³-hybridized carbons (Fsp3) is 0.292. The lowest BCUT2D eigenvalue weighted by Crippen LogP contribution is -2.16. The smallest absolute Gasteiger partial charge is 0.316 e. The predicted octanol–water partition coefficient (Wildman–Crippen LogP) is 6.46. The molecule has 1 aromatic heterocycles. The van der Waals surface area contributed by atoms with Crippen LogP contribution in [0, 0.1) is 12.7 Å². The molecule has 0 aliphatic rings.